The van der Waals surface area contributed by atoms with Crippen molar-refractivity contribution in [3.63, 3.8) is 0 Å². The number of aryl methyl sites for hydroxylation is 1. The highest BCUT2D eigenvalue weighted by Crippen LogP contribution is 2.44. The molecule has 7 heteroatoms. The molecule has 1 aromatic carbocycles. The molecule has 3 aromatic rings. The number of benzene rings is 1. The van der Waals surface area contributed by atoms with E-state index in [-0.39, 0.29) is 12.1 Å². The van der Waals surface area contributed by atoms with Crippen molar-refractivity contribution >= 4 is 40.3 Å². The standard InChI is InChI=1S/C28H34ClN5S/c1-5-33-19(3)16-22(20(33)4)27-26(24-8-6-7-13-30-24)31-28(35)34(27)21-9-10-25(23(29)17-21)32-14-11-18(2)12-15-32/h6-10,13,16-18,26-27H,5,11-12,14-15H2,1-4H3,(H,31,35)/t26-,27-/m1/s1. The largest absolute Gasteiger partial charge is 0.370 e. The van der Waals surface area contributed by atoms with Gasteiger partial charge in [0, 0.05) is 42.9 Å². The molecule has 2 fully saturated rings. The Morgan fingerprint density at radius 2 is 1.89 bits per heavy atom. The second-order valence-electron chi connectivity index (χ2n) is 9.87. The molecular formula is C28H34ClN5S. The maximum Gasteiger partial charge on any atom is 0.174 e. The molecule has 0 saturated carbocycles. The lowest BCUT2D eigenvalue weighted by Gasteiger charge is -2.33. The molecule has 2 aromatic heterocycles. The van der Waals surface area contributed by atoms with E-state index in [4.69, 9.17) is 23.8 Å². The van der Waals surface area contributed by atoms with E-state index in [1.54, 1.807) is 0 Å². The van der Waals surface area contributed by atoms with Crippen molar-refractivity contribution in [2.75, 3.05) is 22.9 Å². The summed E-state index contributed by atoms with van der Waals surface area (Å²) >= 11 is 12.8. The van der Waals surface area contributed by atoms with Gasteiger partial charge in [0.25, 0.3) is 0 Å². The lowest BCUT2D eigenvalue weighted by atomic mass is 9.96. The van der Waals surface area contributed by atoms with E-state index in [1.807, 2.05) is 18.3 Å². The summed E-state index contributed by atoms with van der Waals surface area (Å²) in [5.41, 5.74) is 6.88. The van der Waals surface area contributed by atoms with Crippen molar-refractivity contribution < 1.29 is 0 Å². The molecule has 0 aliphatic carbocycles. The molecule has 0 radical (unpaired) electrons. The van der Waals surface area contributed by atoms with E-state index in [0.717, 1.165) is 47.6 Å². The van der Waals surface area contributed by atoms with Crippen molar-refractivity contribution in [3.8, 4) is 0 Å². The molecule has 2 atom stereocenters. The fourth-order valence-electron chi connectivity index (χ4n) is 5.71. The van der Waals surface area contributed by atoms with Crippen LogP contribution in [0.25, 0.3) is 0 Å². The summed E-state index contributed by atoms with van der Waals surface area (Å²) in [7, 11) is 0. The number of nitrogens with zero attached hydrogens (tertiary/aromatic N) is 4. The molecule has 2 aliphatic rings. The van der Waals surface area contributed by atoms with Gasteiger partial charge in [-0.25, -0.2) is 0 Å². The average molecular weight is 508 g/mol. The number of rotatable bonds is 5. The second-order valence-corrected chi connectivity index (χ2v) is 10.7. The van der Waals surface area contributed by atoms with Gasteiger partial charge in [-0.05, 0) is 93.7 Å². The predicted octanol–water partition coefficient (Wildman–Crippen LogP) is 6.59. The van der Waals surface area contributed by atoms with Crippen molar-refractivity contribution in [3.05, 3.63) is 76.3 Å². The minimum absolute atomic E-state index is 0.0262. The van der Waals surface area contributed by atoms with Gasteiger partial charge in [0.05, 0.1) is 28.5 Å². The number of anilines is 2. The van der Waals surface area contributed by atoms with Crippen LogP contribution in [0.15, 0.2) is 48.7 Å². The highest BCUT2D eigenvalue weighted by atomic mass is 35.5. The third kappa shape index (κ3) is 4.43. The minimum atomic E-state index is -0.0588. The third-order valence-electron chi connectivity index (χ3n) is 7.68. The highest BCUT2D eigenvalue weighted by molar-refractivity contribution is 7.80. The number of hydrogen-bond donors (Lipinski definition) is 1. The van der Waals surface area contributed by atoms with Crippen molar-refractivity contribution in [1.29, 1.82) is 0 Å². The maximum atomic E-state index is 6.91. The molecule has 4 heterocycles. The molecule has 0 amide bonds. The van der Waals surface area contributed by atoms with Crippen LogP contribution in [-0.2, 0) is 6.54 Å². The van der Waals surface area contributed by atoms with Gasteiger partial charge in [-0.3, -0.25) is 4.98 Å². The van der Waals surface area contributed by atoms with E-state index >= 15 is 0 Å². The number of thiocarbonyl (C=S) groups is 1. The van der Waals surface area contributed by atoms with Crippen LogP contribution in [0.3, 0.4) is 0 Å². The van der Waals surface area contributed by atoms with E-state index in [9.17, 15) is 0 Å². The number of piperidine rings is 1. The predicted molar refractivity (Wildman–Crippen MR) is 150 cm³/mol. The topological polar surface area (TPSA) is 36.3 Å². The van der Waals surface area contributed by atoms with Crippen LogP contribution >= 0.6 is 23.8 Å². The first-order valence-electron chi connectivity index (χ1n) is 12.6. The Kier molecular flexibility index (Phi) is 6.78. The van der Waals surface area contributed by atoms with E-state index in [2.05, 4.69) is 82.7 Å². The lowest BCUT2D eigenvalue weighted by Crippen LogP contribution is -2.33. The zero-order valence-electron chi connectivity index (χ0n) is 21.0. The van der Waals surface area contributed by atoms with Crippen LogP contribution in [0.2, 0.25) is 5.02 Å². The highest BCUT2D eigenvalue weighted by Gasteiger charge is 2.42. The molecular weight excluding hydrogens is 474 g/mol. The molecule has 2 aliphatic heterocycles. The first-order valence-corrected chi connectivity index (χ1v) is 13.4. The molecule has 0 unspecified atom stereocenters. The molecule has 1 N–H and O–H groups in total. The van der Waals surface area contributed by atoms with Crippen molar-refractivity contribution in [1.82, 2.24) is 14.9 Å². The van der Waals surface area contributed by atoms with E-state index in [0.29, 0.717) is 5.11 Å². The summed E-state index contributed by atoms with van der Waals surface area (Å²) in [5.74, 6) is 0.781. The average Bonchev–Trinajstić information content (AvgIpc) is 3.35. The Labute approximate surface area is 219 Å². The van der Waals surface area contributed by atoms with Crippen LogP contribution in [0, 0.1) is 19.8 Å². The van der Waals surface area contributed by atoms with Gasteiger partial charge in [-0.2, -0.15) is 0 Å². The summed E-state index contributed by atoms with van der Waals surface area (Å²) in [6.07, 6.45) is 4.26. The summed E-state index contributed by atoms with van der Waals surface area (Å²) in [6, 6.07) is 14.7. The van der Waals surface area contributed by atoms with Gasteiger partial charge in [0.15, 0.2) is 5.11 Å². The Balaban J connectivity index is 1.56. The van der Waals surface area contributed by atoms with Gasteiger partial charge < -0.3 is 19.7 Å². The molecule has 0 bridgehead atoms. The number of halogens is 1. The van der Waals surface area contributed by atoms with Crippen LogP contribution in [0.4, 0.5) is 11.4 Å². The van der Waals surface area contributed by atoms with Gasteiger partial charge in [0.1, 0.15) is 0 Å². The minimum Gasteiger partial charge on any atom is -0.370 e. The van der Waals surface area contributed by atoms with Crippen LogP contribution < -0.4 is 15.1 Å². The van der Waals surface area contributed by atoms with Crippen LogP contribution in [-0.4, -0.2) is 27.8 Å². The normalized spacial score (nSPS) is 21.0. The summed E-state index contributed by atoms with van der Waals surface area (Å²) in [6.45, 7) is 11.9. The SMILES string of the molecule is CCn1c(C)cc([C@@H]2[C@@H](c3ccccn3)NC(=S)N2c2ccc(N3CCC(C)CC3)c(Cl)c2)c1C. The molecule has 5 rings (SSSR count). The molecule has 2 saturated heterocycles. The number of hydrogen-bond acceptors (Lipinski definition) is 3. The van der Waals surface area contributed by atoms with Gasteiger partial charge >= 0.3 is 0 Å². The summed E-state index contributed by atoms with van der Waals surface area (Å²) < 4.78 is 2.36. The van der Waals surface area contributed by atoms with Gasteiger partial charge in [0.2, 0.25) is 0 Å². The maximum absolute atomic E-state index is 6.91. The Hall–Kier alpha value is -2.57. The smallest absolute Gasteiger partial charge is 0.174 e. The van der Waals surface area contributed by atoms with Crippen LogP contribution in [0.5, 0.6) is 0 Å². The van der Waals surface area contributed by atoms with Crippen molar-refractivity contribution in [2.45, 2.75) is 59.2 Å². The Bertz CT molecular complexity index is 1220. The fraction of sp³-hybridized carbons (Fsp3) is 0.429. The molecule has 35 heavy (non-hydrogen) atoms. The quantitative estimate of drug-likeness (QED) is 0.394. The van der Waals surface area contributed by atoms with Crippen molar-refractivity contribution in [2.24, 2.45) is 5.92 Å². The zero-order chi connectivity index (χ0) is 24.7. The number of nitrogens with one attached hydrogen (secondary N) is 1. The lowest BCUT2D eigenvalue weighted by molar-refractivity contribution is 0.438. The van der Waals surface area contributed by atoms with Gasteiger partial charge in [-0.15, -0.1) is 0 Å². The summed E-state index contributed by atoms with van der Waals surface area (Å²) in [4.78, 5) is 9.33. The Morgan fingerprint density at radius 1 is 1.11 bits per heavy atom. The van der Waals surface area contributed by atoms with E-state index < -0.39 is 0 Å². The molecule has 0 spiro atoms. The van der Waals surface area contributed by atoms with Gasteiger partial charge in [-0.1, -0.05) is 24.6 Å². The second kappa shape index (κ2) is 9.82. The number of aromatic nitrogens is 2. The molecule has 184 valence electrons. The number of pyridine rings is 1. The zero-order valence-corrected chi connectivity index (χ0v) is 22.5. The first-order chi connectivity index (χ1) is 16.9. The fourth-order valence-corrected chi connectivity index (χ4v) is 6.35. The first kappa shape index (κ1) is 24.1. The van der Waals surface area contributed by atoms with Crippen LogP contribution in [0.1, 0.15) is 61.4 Å². The summed E-state index contributed by atoms with van der Waals surface area (Å²) in [5, 5.41) is 5.05. The third-order valence-corrected chi connectivity index (χ3v) is 8.30. The van der Waals surface area contributed by atoms with E-state index in [1.165, 1.54) is 29.8 Å². The monoisotopic (exact) mass is 507 g/mol. The molecule has 5 nitrogen and oxygen atoms in total. The Morgan fingerprint density at radius 3 is 2.51 bits per heavy atom.